The fraction of sp³-hybridized carbons (Fsp3) is 0.562. The lowest BCUT2D eigenvalue weighted by Crippen LogP contribution is -2.52. The largest absolute Gasteiger partial charge is 0.387 e. The molecule has 0 bridgehead atoms. The molecule has 1 saturated heterocycles. The van der Waals surface area contributed by atoms with E-state index >= 15 is 0 Å². The van der Waals surface area contributed by atoms with Crippen LogP contribution < -0.4 is 0 Å². The minimum atomic E-state index is -0.427. The monoisotopic (exact) mass is 273 g/mol. The van der Waals surface area contributed by atoms with Gasteiger partial charge in [0.1, 0.15) is 0 Å². The van der Waals surface area contributed by atoms with Crippen molar-refractivity contribution in [3.8, 4) is 6.07 Å². The van der Waals surface area contributed by atoms with Gasteiger partial charge in [-0.2, -0.15) is 5.26 Å². The summed E-state index contributed by atoms with van der Waals surface area (Å²) in [6, 6.07) is 12.4. The normalized spacial score (nSPS) is 22.4. The van der Waals surface area contributed by atoms with Crippen LogP contribution >= 0.6 is 0 Å². The Morgan fingerprint density at radius 3 is 2.75 bits per heavy atom. The molecule has 0 aromatic heterocycles. The molecule has 0 aliphatic carbocycles. The predicted molar refractivity (Wildman–Crippen MR) is 79.1 cm³/mol. The van der Waals surface area contributed by atoms with Gasteiger partial charge in [0.2, 0.25) is 0 Å². The predicted octanol–water partition coefficient (Wildman–Crippen LogP) is 1.64. The van der Waals surface area contributed by atoms with Gasteiger partial charge < -0.3 is 5.11 Å². The summed E-state index contributed by atoms with van der Waals surface area (Å²) in [6.45, 7) is 6.64. The minimum Gasteiger partial charge on any atom is -0.387 e. The van der Waals surface area contributed by atoms with Gasteiger partial charge >= 0.3 is 0 Å². The first-order valence-electron chi connectivity index (χ1n) is 7.27. The van der Waals surface area contributed by atoms with Crippen LogP contribution in [0.3, 0.4) is 0 Å². The Morgan fingerprint density at radius 2 is 2.10 bits per heavy atom. The van der Waals surface area contributed by atoms with E-state index in [0.717, 1.165) is 31.7 Å². The number of aliphatic hydroxyl groups excluding tert-OH is 1. The van der Waals surface area contributed by atoms with Crippen molar-refractivity contribution in [2.75, 3.05) is 32.7 Å². The van der Waals surface area contributed by atoms with Crippen molar-refractivity contribution in [1.29, 1.82) is 5.26 Å². The van der Waals surface area contributed by atoms with E-state index in [2.05, 4.69) is 22.8 Å². The summed E-state index contributed by atoms with van der Waals surface area (Å²) in [5.41, 5.74) is 0.978. The summed E-state index contributed by atoms with van der Waals surface area (Å²) in [5.74, 6) is 0. The summed E-state index contributed by atoms with van der Waals surface area (Å²) < 4.78 is 0. The lowest BCUT2D eigenvalue weighted by atomic mass is 10.1. The highest BCUT2D eigenvalue weighted by Crippen LogP contribution is 2.17. The smallest absolute Gasteiger partial charge is 0.0917 e. The van der Waals surface area contributed by atoms with Gasteiger partial charge in [0.25, 0.3) is 0 Å². The van der Waals surface area contributed by atoms with Crippen molar-refractivity contribution in [3.63, 3.8) is 0 Å². The van der Waals surface area contributed by atoms with Crippen LogP contribution in [-0.4, -0.2) is 53.7 Å². The summed E-state index contributed by atoms with van der Waals surface area (Å²) in [5, 5.41) is 18.9. The van der Waals surface area contributed by atoms with Crippen LogP contribution in [0.2, 0.25) is 0 Å². The third-order valence-electron chi connectivity index (χ3n) is 3.98. The maximum absolute atomic E-state index is 10.3. The molecule has 0 spiro atoms. The summed E-state index contributed by atoms with van der Waals surface area (Å²) in [7, 11) is 0. The van der Waals surface area contributed by atoms with Crippen LogP contribution in [0.1, 0.15) is 25.0 Å². The fourth-order valence-electron chi connectivity index (χ4n) is 2.76. The number of piperazine rings is 1. The standard InChI is InChI=1S/C16H23N3O/c1-14-12-18(9-5-8-17)10-11-19(14)13-16(20)15-6-3-2-4-7-15/h2-4,6-7,14,16,20H,5,9-13H2,1H3/t14-,16-/m1/s1. The highest BCUT2D eigenvalue weighted by molar-refractivity contribution is 5.17. The highest BCUT2D eigenvalue weighted by Gasteiger charge is 2.25. The molecular weight excluding hydrogens is 250 g/mol. The molecule has 0 radical (unpaired) electrons. The fourth-order valence-corrected chi connectivity index (χ4v) is 2.76. The highest BCUT2D eigenvalue weighted by atomic mass is 16.3. The van der Waals surface area contributed by atoms with Crippen LogP contribution in [-0.2, 0) is 0 Å². The summed E-state index contributed by atoms with van der Waals surface area (Å²) in [4.78, 5) is 4.67. The first kappa shape index (κ1) is 15.0. The topological polar surface area (TPSA) is 50.5 Å². The molecule has 20 heavy (non-hydrogen) atoms. The van der Waals surface area contributed by atoms with Gasteiger partial charge in [-0.05, 0) is 12.5 Å². The lowest BCUT2D eigenvalue weighted by molar-refractivity contribution is 0.0396. The molecule has 4 heteroatoms. The van der Waals surface area contributed by atoms with Gasteiger partial charge in [-0.3, -0.25) is 9.80 Å². The number of hydrogen-bond acceptors (Lipinski definition) is 4. The second-order valence-corrected chi connectivity index (χ2v) is 5.48. The Balaban J connectivity index is 1.84. The molecule has 2 rings (SSSR count). The molecule has 1 fully saturated rings. The second-order valence-electron chi connectivity index (χ2n) is 5.48. The zero-order valence-corrected chi connectivity index (χ0v) is 12.1. The van der Waals surface area contributed by atoms with E-state index in [-0.39, 0.29) is 0 Å². The van der Waals surface area contributed by atoms with E-state index in [1.165, 1.54) is 0 Å². The second kappa shape index (κ2) is 7.39. The molecule has 1 aliphatic heterocycles. The number of benzene rings is 1. The number of rotatable bonds is 5. The molecule has 4 nitrogen and oxygen atoms in total. The van der Waals surface area contributed by atoms with Crippen LogP contribution in [0.5, 0.6) is 0 Å². The maximum Gasteiger partial charge on any atom is 0.0917 e. The van der Waals surface area contributed by atoms with E-state index in [0.29, 0.717) is 19.0 Å². The number of nitrogens with zero attached hydrogens (tertiary/aromatic N) is 3. The molecule has 1 N–H and O–H groups in total. The minimum absolute atomic E-state index is 0.417. The molecule has 0 amide bonds. The Morgan fingerprint density at radius 1 is 1.35 bits per heavy atom. The summed E-state index contributed by atoms with van der Waals surface area (Å²) in [6.07, 6.45) is 0.170. The third-order valence-corrected chi connectivity index (χ3v) is 3.98. The molecule has 0 unspecified atom stereocenters. The van der Waals surface area contributed by atoms with Crippen molar-refractivity contribution in [3.05, 3.63) is 35.9 Å². The van der Waals surface area contributed by atoms with E-state index < -0.39 is 6.10 Å². The Kier molecular flexibility index (Phi) is 5.54. The molecule has 108 valence electrons. The van der Waals surface area contributed by atoms with Gasteiger partial charge in [-0.1, -0.05) is 30.3 Å². The van der Waals surface area contributed by atoms with Crippen LogP contribution in [0.15, 0.2) is 30.3 Å². The number of hydrogen-bond donors (Lipinski definition) is 1. The average molecular weight is 273 g/mol. The molecule has 1 heterocycles. The first-order valence-corrected chi connectivity index (χ1v) is 7.27. The maximum atomic E-state index is 10.3. The zero-order valence-electron chi connectivity index (χ0n) is 12.1. The summed E-state index contributed by atoms with van der Waals surface area (Å²) >= 11 is 0. The van der Waals surface area contributed by atoms with Crippen LogP contribution in [0, 0.1) is 11.3 Å². The number of aliphatic hydroxyl groups is 1. The Hall–Kier alpha value is -1.41. The van der Waals surface area contributed by atoms with Crippen LogP contribution in [0.25, 0.3) is 0 Å². The van der Waals surface area contributed by atoms with Crippen molar-refractivity contribution in [1.82, 2.24) is 9.80 Å². The van der Waals surface area contributed by atoms with Gasteiger partial charge in [0.15, 0.2) is 0 Å². The Bertz CT molecular complexity index is 443. The van der Waals surface area contributed by atoms with Crippen molar-refractivity contribution >= 4 is 0 Å². The molecule has 0 saturated carbocycles. The molecule has 1 aromatic carbocycles. The van der Waals surface area contributed by atoms with Crippen LogP contribution in [0.4, 0.5) is 0 Å². The van der Waals surface area contributed by atoms with Crippen molar-refractivity contribution in [2.45, 2.75) is 25.5 Å². The number of nitriles is 1. The quantitative estimate of drug-likeness (QED) is 0.886. The van der Waals surface area contributed by atoms with Gasteiger partial charge in [0, 0.05) is 45.2 Å². The third kappa shape index (κ3) is 4.04. The van der Waals surface area contributed by atoms with E-state index in [1.807, 2.05) is 30.3 Å². The Labute approximate surface area is 121 Å². The molecule has 2 atom stereocenters. The van der Waals surface area contributed by atoms with Gasteiger partial charge in [-0.15, -0.1) is 0 Å². The number of β-amino-alcohol motifs (C(OH)–C–C–N with tert-alkyl or cyclic N) is 1. The zero-order chi connectivity index (χ0) is 14.4. The van der Waals surface area contributed by atoms with Gasteiger partial charge in [-0.25, -0.2) is 0 Å². The lowest BCUT2D eigenvalue weighted by Gasteiger charge is -2.40. The molecule has 1 aliphatic rings. The van der Waals surface area contributed by atoms with Gasteiger partial charge in [0.05, 0.1) is 12.2 Å². The van der Waals surface area contributed by atoms with Crippen molar-refractivity contribution in [2.24, 2.45) is 0 Å². The molecule has 1 aromatic rings. The van der Waals surface area contributed by atoms with E-state index in [9.17, 15) is 5.11 Å². The SMILES string of the molecule is C[C@@H]1CN(CCC#N)CCN1C[C@@H](O)c1ccccc1. The van der Waals surface area contributed by atoms with Crippen molar-refractivity contribution < 1.29 is 5.11 Å². The average Bonchev–Trinajstić information content (AvgIpc) is 2.48. The van der Waals surface area contributed by atoms with E-state index in [4.69, 9.17) is 5.26 Å². The first-order chi connectivity index (χ1) is 9.70. The van der Waals surface area contributed by atoms with E-state index in [1.54, 1.807) is 0 Å². The molecular formula is C16H23N3O.